The number of hydrogen-bond acceptors (Lipinski definition) is 3. The number of hydrogen-bond donors (Lipinski definition) is 0. The molecular formula is C18H24N4O. The molecule has 0 spiro atoms. The molecule has 3 rings (SSSR count). The molecule has 1 aliphatic rings. The highest BCUT2D eigenvalue weighted by molar-refractivity contribution is 5.92. The maximum absolute atomic E-state index is 12.8. The quantitative estimate of drug-likeness (QED) is 0.872. The fraction of sp³-hybridized carbons (Fsp3) is 0.444. The van der Waals surface area contributed by atoms with E-state index in [1.54, 1.807) is 17.1 Å². The second-order valence-electron chi connectivity index (χ2n) is 6.31. The highest BCUT2D eigenvalue weighted by Gasteiger charge is 2.27. The van der Waals surface area contributed by atoms with Crippen molar-refractivity contribution in [3.05, 3.63) is 54.1 Å². The molecule has 5 nitrogen and oxygen atoms in total. The summed E-state index contributed by atoms with van der Waals surface area (Å²) in [4.78, 5) is 21.2. The molecule has 1 aliphatic heterocycles. The van der Waals surface area contributed by atoms with E-state index >= 15 is 0 Å². The Labute approximate surface area is 137 Å². The Bertz CT molecular complexity index is 652. The molecule has 1 aromatic carbocycles. The zero-order valence-electron chi connectivity index (χ0n) is 13.9. The van der Waals surface area contributed by atoms with E-state index < -0.39 is 0 Å². The van der Waals surface area contributed by atoms with E-state index in [2.05, 4.69) is 41.1 Å². The summed E-state index contributed by atoms with van der Waals surface area (Å²) in [5, 5.41) is 0. The molecule has 1 atom stereocenters. The van der Waals surface area contributed by atoms with Gasteiger partial charge in [-0.25, -0.2) is 4.98 Å². The van der Waals surface area contributed by atoms with Gasteiger partial charge >= 0.3 is 0 Å². The van der Waals surface area contributed by atoms with E-state index in [4.69, 9.17) is 0 Å². The second kappa shape index (κ2) is 6.96. The molecule has 122 valence electrons. The maximum atomic E-state index is 12.8. The molecule has 2 heterocycles. The van der Waals surface area contributed by atoms with Crippen molar-refractivity contribution in [1.29, 1.82) is 0 Å². The van der Waals surface area contributed by atoms with Gasteiger partial charge in [0.05, 0.1) is 12.5 Å². The first-order valence-electron chi connectivity index (χ1n) is 8.18. The van der Waals surface area contributed by atoms with Gasteiger partial charge in [-0.1, -0.05) is 30.3 Å². The van der Waals surface area contributed by atoms with Crippen LogP contribution in [0.2, 0.25) is 0 Å². The van der Waals surface area contributed by atoms with Gasteiger partial charge in [0.2, 0.25) is 0 Å². The second-order valence-corrected chi connectivity index (χ2v) is 6.31. The van der Waals surface area contributed by atoms with Crippen LogP contribution in [-0.4, -0.2) is 50.9 Å². The van der Waals surface area contributed by atoms with Crippen LogP contribution in [-0.2, 0) is 13.6 Å². The first kappa shape index (κ1) is 15.7. The van der Waals surface area contributed by atoms with E-state index in [-0.39, 0.29) is 11.9 Å². The van der Waals surface area contributed by atoms with E-state index in [0.29, 0.717) is 5.69 Å². The van der Waals surface area contributed by atoms with Crippen molar-refractivity contribution in [3.8, 4) is 0 Å². The number of carbonyl (C=O) groups is 1. The largest absolute Gasteiger partial charge is 0.333 e. The number of carbonyl (C=O) groups excluding carboxylic acids is 1. The zero-order valence-corrected chi connectivity index (χ0v) is 13.9. The molecule has 0 radical (unpaired) electrons. The van der Waals surface area contributed by atoms with E-state index in [1.165, 1.54) is 5.56 Å². The standard InChI is InChI=1S/C18H24N4O/c1-15-12-21(13-16-7-4-3-5-8-16)9-6-10-22(15)18(23)17-11-19-14-20(17)2/h3-5,7-8,11,14-15H,6,9-10,12-13H2,1-2H3. The molecule has 2 aromatic rings. The summed E-state index contributed by atoms with van der Waals surface area (Å²) in [5.74, 6) is 0.0825. The highest BCUT2D eigenvalue weighted by atomic mass is 16.2. The molecule has 5 heteroatoms. The zero-order chi connectivity index (χ0) is 16.2. The summed E-state index contributed by atoms with van der Waals surface area (Å²) in [6.45, 7) is 5.81. The van der Waals surface area contributed by atoms with Crippen molar-refractivity contribution >= 4 is 5.91 Å². The van der Waals surface area contributed by atoms with Crippen LogP contribution in [0.15, 0.2) is 42.9 Å². The van der Waals surface area contributed by atoms with E-state index in [0.717, 1.165) is 32.6 Å². The number of benzene rings is 1. The third-order valence-electron chi connectivity index (χ3n) is 4.47. The summed E-state index contributed by atoms with van der Waals surface area (Å²) < 4.78 is 1.79. The number of nitrogens with zero attached hydrogens (tertiary/aromatic N) is 4. The predicted octanol–water partition coefficient (Wildman–Crippen LogP) is 2.16. The summed E-state index contributed by atoms with van der Waals surface area (Å²) in [6, 6.07) is 10.7. The van der Waals surface area contributed by atoms with Crippen LogP contribution in [0.25, 0.3) is 0 Å². The third kappa shape index (κ3) is 3.62. The summed E-state index contributed by atoms with van der Waals surface area (Å²) >= 11 is 0. The first-order valence-corrected chi connectivity index (χ1v) is 8.18. The Balaban J connectivity index is 1.67. The lowest BCUT2D eigenvalue weighted by Crippen LogP contribution is -2.43. The summed E-state index contributed by atoms with van der Waals surface area (Å²) in [6.07, 6.45) is 4.33. The molecular weight excluding hydrogens is 288 g/mol. The van der Waals surface area contributed by atoms with Gasteiger partial charge < -0.3 is 9.47 Å². The van der Waals surface area contributed by atoms with Gasteiger partial charge in [-0.15, -0.1) is 0 Å². The summed E-state index contributed by atoms with van der Waals surface area (Å²) in [5.41, 5.74) is 1.99. The Morgan fingerprint density at radius 1 is 1.26 bits per heavy atom. The van der Waals surface area contributed by atoms with Gasteiger partial charge in [-0.3, -0.25) is 9.69 Å². The average molecular weight is 312 g/mol. The van der Waals surface area contributed by atoms with Gasteiger partial charge in [-0.05, 0) is 18.9 Å². The molecule has 1 amide bonds. The van der Waals surface area contributed by atoms with Gasteiger partial charge in [0.15, 0.2) is 0 Å². The number of amides is 1. The smallest absolute Gasteiger partial charge is 0.272 e. The van der Waals surface area contributed by atoms with Crippen molar-refractivity contribution < 1.29 is 4.79 Å². The molecule has 1 unspecified atom stereocenters. The van der Waals surface area contributed by atoms with Crippen molar-refractivity contribution in [1.82, 2.24) is 19.4 Å². The van der Waals surface area contributed by atoms with Crippen molar-refractivity contribution in [2.24, 2.45) is 7.05 Å². The number of imidazole rings is 1. The lowest BCUT2D eigenvalue weighted by molar-refractivity contribution is 0.0681. The van der Waals surface area contributed by atoms with Gasteiger partial charge in [0.25, 0.3) is 5.91 Å². The van der Waals surface area contributed by atoms with Crippen LogP contribution >= 0.6 is 0 Å². The Hall–Kier alpha value is -2.14. The van der Waals surface area contributed by atoms with Crippen LogP contribution in [0.3, 0.4) is 0 Å². The van der Waals surface area contributed by atoms with E-state index in [9.17, 15) is 4.79 Å². The number of rotatable bonds is 3. The Kier molecular flexibility index (Phi) is 4.76. The van der Waals surface area contributed by atoms with Crippen molar-refractivity contribution in [2.45, 2.75) is 25.9 Å². The minimum Gasteiger partial charge on any atom is -0.333 e. The Morgan fingerprint density at radius 2 is 2.04 bits per heavy atom. The fourth-order valence-electron chi connectivity index (χ4n) is 3.25. The normalized spacial score (nSPS) is 19.6. The molecule has 1 fully saturated rings. The minimum absolute atomic E-state index is 0.0825. The number of aromatic nitrogens is 2. The average Bonchev–Trinajstić information content (AvgIpc) is 2.89. The van der Waals surface area contributed by atoms with E-state index in [1.807, 2.05) is 18.0 Å². The maximum Gasteiger partial charge on any atom is 0.272 e. The van der Waals surface area contributed by atoms with Gasteiger partial charge in [0.1, 0.15) is 5.69 Å². The fourth-order valence-corrected chi connectivity index (χ4v) is 3.25. The van der Waals surface area contributed by atoms with Crippen LogP contribution < -0.4 is 0 Å². The third-order valence-corrected chi connectivity index (χ3v) is 4.47. The first-order chi connectivity index (χ1) is 11.1. The van der Waals surface area contributed by atoms with Crippen molar-refractivity contribution in [3.63, 3.8) is 0 Å². The van der Waals surface area contributed by atoms with Crippen molar-refractivity contribution in [2.75, 3.05) is 19.6 Å². The van der Waals surface area contributed by atoms with Gasteiger partial charge in [-0.2, -0.15) is 0 Å². The van der Waals surface area contributed by atoms with Crippen LogP contribution in [0.4, 0.5) is 0 Å². The van der Waals surface area contributed by atoms with Crippen LogP contribution in [0, 0.1) is 0 Å². The summed E-state index contributed by atoms with van der Waals surface area (Å²) in [7, 11) is 1.87. The van der Waals surface area contributed by atoms with Crippen LogP contribution in [0.1, 0.15) is 29.4 Å². The predicted molar refractivity (Wildman–Crippen MR) is 90.0 cm³/mol. The molecule has 0 aliphatic carbocycles. The van der Waals surface area contributed by atoms with Crippen LogP contribution in [0.5, 0.6) is 0 Å². The highest BCUT2D eigenvalue weighted by Crippen LogP contribution is 2.16. The SMILES string of the molecule is CC1CN(Cc2ccccc2)CCCN1C(=O)c1cncn1C. The Morgan fingerprint density at radius 3 is 2.74 bits per heavy atom. The molecule has 23 heavy (non-hydrogen) atoms. The monoisotopic (exact) mass is 312 g/mol. The topological polar surface area (TPSA) is 41.4 Å². The number of aryl methyl sites for hydroxylation is 1. The minimum atomic E-state index is 0.0825. The molecule has 0 N–H and O–H groups in total. The molecule has 0 bridgehead atoms. The molecule has 0 saturated carbocycles. The lowest BCUT2D eigenvalue weighted by atomic mass is 10.2. The molecule has 1 aromatic heterocycles. The van der Waals surface area contributed by atoms with Gasteiger partial charge in [0, 0.05) is 39.3 Å². The molecule has 1 saturated heterocycles. The lowest BCUT2D eigenvalue weighted by Gasteiger charge is -2.29.